The van der Waals surface area contributed by atoms with Gasteiger partial charge in [-0.3, -0.25) is 4.79 Å². The van der Waals surface area contributed by atoms with Crippen molar-refractivity contribution in [2.75, 3.05) is 27.2 Å². The second-order valence-electron chi connectivity index (χ2n) is 6.85. The van der Waals surface area contributed by atoms with Gasteiger partial charge in [0.05, 0.1) is 5.75 Å². The van der Waals surface area contributed by atoms with Crippen molar-refractivity contribution in [2.24, 2.45) is 7.05 Å². The average Bonchev–Trinajstić information content (AvgIpc) is 3.34. The van der Waals surface area contributed by atoms with Crippen LogP contribution in [0.4, 0.5) is 0 Å². The number of hydrogen-bond donors (Lipinski definition) is 1. The van der Waals surface area contributed by atoms with Gasteiger partial charge in [0.15, 0.2) is 10.9 Å². The van der Waals surface area contributed by atoms with Crippen molar-refractivity contribution in [3.8, 4) is 5.75 Å². The van der Waals surface area contributed by atoms with E-state index in [1.54, 1.807) is 24.0 Å². The van der Waals surface area contributed by atoms with Crippen molar-refractivity contribution in [1.29, 1.82) is 0 Å². The molecular formula is C21H26N4O3S. The van der Waals surface area contributed by atoms with E-state index in [4.69, 9.17) is 9.15 Å². The van der Waals surface area contributed by atoms with Crippen LogP contribution in [0.2, 0.25) is 0 Å². The number of nitrogens with zero attached hydrogens (tertiary/aromatic N) is 3. The van der Waals surface area contributed by atoms with Crippen LogP contribution in [-0.2, 0) is 19.3 Å². The average molecular weight is 415 g/mol. The summed E-state index contributed by atoms with van der Waals surface area (Å²) in [4.78, 5) is 18.7. The number of likely N-dealkylation sites (N-methyl/N-ethyl adjacent to an activating group) is 1. The molecule has 1 amide bonds. The van der Waals surface area contributed by atoms with E-state index in [0.29, 0.717) is 24.7 Å². The maximum absolute atomic E-state index is 12.3. The molecule has 3 aromatic rings. The van der Waals surface area contributed by atoms with E-state index in [1.165, 1.54) is 0 Å². The predicted octanol–water partition coefficient (Wildman–Crippen LogP) is 3.18. The molecule has 29 heavy (non-hydrogen) atoms. The van der Waals surface area contributed by atoms with Gasteiger partial charge in [0.1, 0.15) is 18.1 Å². The van der Waals surface area contributed by atoms with Crippen LogP contribution in [0.1, 0.15) is 21.9 Å². The summed E-state index contributed by atoms with van der Waals surface area (Å²) in [7, 11) is 5.96. The Kier molecular flexibility index (Phi) is 7.37. The van der Waals surface area contributed by atoms with E-state index in [-0.39, 0.29) is 5.91 Å². The highest BCUT2D eigenvalue weighted by atomic mass is 32.2. The van der Waals surface area contributed by atoms with Crippen LogP contribution < -0.4 is 10.1 Å². The third-order valence-electron chi connectivity index (χ3n) is 4.19. The van der Waals surface area contributed by atoms with Gasteiger partial charge in [-0.05, 0) is 43.9 Å². The molecule has 0 atom stereocenters. The number of carbonyl (C=O) groups is 1. The maximum atomic E-state index is 12.3. The third kappa shape index (κ3) is 6.40. The SMILES string of the molecule is CN(C)CCOc1ccc(CNC(=O)c2ccc(CSc3nccn3C)o2)cc1. The van der Waals surface area contributed by atoms with Crippen LogP contribution >= 0.6 is 11.8 Å². The molecule has 0 bridgehead atoms. The number of furan rings is 1. The molecule has 0 aliphatic rings. The standard InChI is InChI=1S/C21H26N4O3S/c1-24(2)12-13-27-17-6-4-16(5-7-17)14-23-20(26)19-9-8-18(28-19)15-29-21-22-10-11-25(21)3/h4-11H,12-15H2,1-3H3,(H,23,26). The first-order valence-corrected chi connectivity index (χ1v) is 10.3. The van der Waals surface area contributed by atoms with Crippen molar-refractivity contribution >= 4 is 17.7 Å². The van der Waals surface area contributed by atoms with E-state index in [2.05, 4.69) is 15.2 Å². The Balaban J connectivity index is 1.44. The molecule has 0 aliphatic heterocycles. The first-order chi connectivity index (χ1) is 14.0. The summed E-state index contributed by atoms with van der Waals surface area (Å²) >= 11 is 1.56. The Hall–Kier alpha value is -2.71. The first kappa shape index (κ1) is 21.0. The zero-order chi connectivity index (χ0) is 20.6. The summed E-state index contributed by atoms with van der Waals surface area (Å²) in [6, 6.07) is 11.2. The number of aryl methyl sites for hydroxylation is 1. The number of thioether (sulfide) groups is 1. The molecule has 7 nitrogen and oxygen atoms in total. The number of carbonyl (C=O) groups excluding carboxylic acids is 1. The third-order valence-corrected chi connectivity index (χ3v) is 5.27. The van der Waals surface area contributed by atoms with Crippen LogP contribution in [0.5, 0.6) is 5.75 Å². The molecule has 0 unspecified atom stereocenters. The van der Waals surface area contributed by atoms with Crippen molar-refractivity contribution in [2.45, 2.75) is 17.5 Å². The summed E-state index contributed by atoms with van der Waals surface area (Å²) in [5.41, 5.74) is 0.996. The monoisotopic (exact) mass is 414 g/mol. The lowest BCUT2D eigenvalue weighted by molar-refractivity contribution is 0.0922. The van der Waals surface area contributed by atoms with Crippen LogP contribution in [0, 0.1) is 0 Å². The minimum Gasteiger partial charge on any atom is -0.492 e. The van der Waals surface area contributed by atoms with Gasteiger partial charge >= 0.3 is 0 Å². The largest absolute Gasteiger partial charge is 0.492 e. The molecule has 2 heterocycles. The molecule has 0 saturated carbocycles. The second-order valence-corrected chi connectivity index (χ2v) is 7.80. The Bertz CT molecular complexity index is 918. The normalized spacial score (nSPS) is 11.0. The van der Waals surface area contributed by atoms with Crippen LogP contribution in [0.25, 0.3) is 0 Å². The molecular weight excluding hydrogens is 388 g/mol. The van der Waals surface area contributed by atoms with Crippen LogP contribution in [0.3, 0.4) is 0 Å². The summed E-state index contributed by atoms with van der Waals surface area (Å²) in [6.45, 7) is 1.93. The Morgan fingerprint density at radius 1 is 1.24 bits per heavy atom. The lowest BCUT2D eigenvalue weighted by atomic mass is 10.2. The molecule has 1 aromatic carbocycles. The van der Waals surface area contributed by atoms with Gasteiger partial charge in [0.2, 0.25) is 0 Å². The molecule has 0 saturated heterocycles. The topological polar surface area (TPSA) is 72.5 Å². The zero-order valence-corrected chi connectivity index (χ0v) is 17.7. The lowest BCUT2D eigenvalue weighted by Crippen LogP contribution is -2.22. The molecule has 0 spiro atoms. The minimum atomic E-state index is -0.232. The molecule has 8 heteroatoms. The lowest BCUT2D eigenvalue weighted by Gasteiger charge is -2.11. The van der Waals surface area contributed by atoms with E-state index in [0.717, 1.165) is 28.8 Å². The molecule has 0 fully saturated rings. The number of rotatable bonds is 10. The summed E-state index contributed by atoms with van der Waals surface area (Å²) < 4.78 is 13.3. The molecule has 2 aromatic heterocycles. The Labute approximate surface area is 175 Å². The van der Waals surface area contributed by atoms with Crippen LogP contribution in [0.15, 0.2) is 58.4 Å². The van der Waals surface area contributed by atoms with E-state index in [9.17, 15) is 4.79 Å². The molecule has 0 aliphatic carbocycles. The fourth-order valence-corrected chi connectivity index (χ4v) is 3.35. The van der Waals surface area contributed by atoms with Crippen molar-refractivity contribution in [1.82, 2.24) is 19.8 Å². The Morgan fingerprint density at radius 2 is 2.03 bits per heavy atom. The number of hydrogen-bond acceptors (Lipinski definition) is 6. The smallest absolute Gasteiger partial charge is 0.287 e. The Morgan fingerprint density at radius 3 is 2.72 bits per heavy atom. The number of ether oxygens (including phenoxy) is 1. The maximum Gasteiger partial charge on any atom is 0.287 e. The minimum absolute atomic E-state index is 0.232. The fourth-order valence-electron chi connectivity index (χ4n) is 2.52. The van der Waals surface area contributed by atoms with Gasteiger partial charge in [0.25, 0.3) is 5.91 Å². The second kappa shape index (κ2) is 10.2. The van der Waals surface area contributed by atoms with Gasteiger partial charge in [-0.15, -0.1) is 0 Å². The van der Waals surface area contributed by atoms with Crippen molar-refractivity contribution < 1.29 is 13.9 Å². The van der Waals surface area contributed by atoms with Crippen molar-refractivity contribution in [3.63, 3.8) is 0 Å². The highest BCUT2D eigenvalue weighted by Gasteiger charge is 2.12. The van der Waals surface area contributed by atoms with Gasteiger partial charge in [-0.25, -0.2) is 4.98 Å². The number of benzene rings is 1. The van der Waals surface area contributed by atoms with E-state index in [1.807, 2.05) is 62.2 Å². The highest BCUT2D eigenvalue weighted by Crippen LogP contribution is 2.22. The highest BCUT2D eigenvalue weighted by molar-refractivity contribution is 7.98. The predicted molar refractivity (Wildman–Crippen MR) is 113 cm³/mol. The molecule has 3 rings (SSSR count). The van der Waals surface area contributed by atoms with Crippen molar-refractivity contribution in [3.05, 3.63) is 65.9 Å². The van der Waals surface area contributed by atoms with Gasteiger partial charge < -0.3 is 23.9 Å². The zero-order valence-electron chi connectivity index (χ0n) is 16.9. The summed E-state index contributed by atoms with van der Waals surface area (Å²) in [5.74, 6) is 2.26. The summed E-state index contributed by atoms with van der Waals surface area (Å²) in [6.07, 6.45) is 3.65. The molecule has 0 radical (unpaired) electrons. The van der Waals surface area contributed by atoms with Gasteiger partial charge in [-0.2, -0.15) is 0 Å². The van der Waals surface area contributed by atoms with Crippen LogP contribution in [-0.4, -0.2) is 47.6 Å². The quantitative estimate of drug-likeness (QED) is 0.514. The summed E-state index contributed by atoms with van der Waals surface area (Å²) in [5, 5.41) is 3.79. The van der Waals surface area contributed by atoms with Gasteiger partial charge in [-0.1, -0.05) is 23.9 Å². The number of amides is 1. The fraction of sp³-hybridized carbons (Fsp3) is 0.333. The van der Waals surface area contributed by atoms with E-state index < -0.39 is 0 Å². The van der Waals surface area contributed by atoms with E-state index >= 15 is 0 Å². The number of aromatic nitrogens is 2. The number of imidazole rings is 1. The molecule has 1 N–H and O–H groups in total. The number of nitrogens with one attached hydrogen (secondary N) is 1. The van der Waals surface area contributed by atoms with Gasteiger partial charge in [0, 0.05) is 32.5 Å². The molecule has 154 valence electrons. The first-order valence-electron chi connectivity index (χ1n) is 9.35.